The molecule has 0 aliphatic carbocycles. The summed E-state index contributed by atoms with van der Waals surface area (Å²) in [6.45, 7) is 8.28. The molecule has 1 saturated heterocycles. The maximum absolute atomic E-state index is 10.9. The molecule has 0 aromatic carbocycles. The van der Waals surface area contributed by atoms with Crippen molar-refractivity contribution in [3.05, 3.63) is 0 Å². The molecular formula is C11H22N2O. The lowest BCUT2D eigenvalue weighted by Gasteiger charge is -2.36. The van der Waals surface area contributed by atoms with E-state index in [1.54, 1.807) is 6.92 Å². The van der Waals surface area contributed by atoms with E-state index in [0.717, 1.165) is 13.0 Å². The van der Waals surface area contributed by atoms with Gasteiger partial charge in [-0.25, -0.2) is 0 Å². The van der Waals surface area contributed by atoms with Crippen molar-refractivity contribution in [1.29, 1.82) is 0 Å². The summed E-state index contributed by atoms with van der Waals surface area (Å²) < 4.78 is 0. The number of amides is 1. The van der Waals surface area contributed by atoms with E-state index >= 15 is 0 Å². The van der Waals surface area contributed by atoms with E-state index in [-0.39, 0.29) is 5.91 Å². The lowest BCUT2D eigenvalue weighted by atomic mass is 10.0. The van der Waals surface area contributed by atoms with E-state index in [1.807, 2.05) is 0 Å². The van der Waals surface area contributed by atoms with Crippen molar-refractivity contribution in [3.63, 3.8) is 0 Å². The zero-order chi connectivity index (χ0) is 10.6. The summed E-state index contributed by atoms with van der Waals surface area (Å²) in [5.41, 5.74) is 0. The average Bonchev–Trinajstić information content (AvgIpc) is 2.16. The van der Waals surface area contributed by atoms with E-state index in [4.69, 9.17) is 0 Å². The Balaban J connectivity index is 2.39. The van der Waals surface area contributed by atoms with E-state index in [0.29, 0.717) is 12.1 Å². The molecule has 14 heavy (non-hydrogen) atoms. The van der Waals surface area contributed by atoms with E-state index in [1.165, 1.54) is 19.4 Å². The molecule has 1 N–H and O–H groups in total. The van der Waals surface area contributed by atoms with Crippen molar-refractivity contribution in [1.82, 2.24) is 10.2 Å². The van der Waals surface area contributed by atoms with Gasteiger partial charge in [-0.3, -0.25) is 9.69 Å². The molecule has 0 spiro atoms. The van der Waals surface area contributed by atoms with Gasteiger partial charge >= 0.3 is 0 Å². The summed E-state index contributed by atoms with van der Waals surface area (Å²) in [4.78, 5) is 13.4. The van der Waals surface area contributed by atoms with Crippen LogP contribution in [0.25, 0.3) is 0 Å². The first-order valence-corrected chi connectivity index (χ1v) is 5.64. The third-order valence-electron chi connectivity index (χ3n) is 3.07. The van der Waals surface area contributed by atoms with E-state index in [9.17, 15) is 4.79 Å². The number of nitrogens with one attached hydrogen (secondary N) is 1. The van der Waals surface area contributed by atoms with Gasteiger partial charge < -0.3 is 5.32 Å². The lowest BCUT2D eigenvalue weighted by molar-refractivity contribution is -0.120. The molecule has 82 valence electrons. The molecular weight excluding hydrogens is 176 g/mol. The SMILES string of the molecule is CCC(C)N1CCCC(NC(C)=O)C1. The molecule has 0 radical (unpaired) electrons. The van der Waals surface area contributed by atoms with Crippen LogP contribution in [0.4, 0.5) is 0 Å². The van der Waals surface area contributed by atoms with Gasteiger partial charge in [0.25, 0.3) is 0 Å². The smallest absolute Gasteiger partial charge is 0.217 e. The van der Waals surface area contributed by atoms with Gasteiger partial charge in [0, 0.05) is 25.6 Å². The van der Waals surface area contributed by atoms with Crippen LogP contribution in [0.3, 0.4) is 0 Å². The van der Waals surface area contributed by atoms with Crippen LogP contribution in [0.15, 0.2) is 0 Å². The van der Waals surface area contributed by atoms with Crippen molar-refractivity contribution in [3.8, 4) is 0 Å². The van der Waals surface area contributed by atoms with Crippen LogP contribution in [0.2, 0.25) is 0 Å². The number of rotatable bonds is 3. The number of carbonyl (C=O) groups is 1. The number of hydrogen-bond donors (Lipinski definition) is 1. The minimum absolute atomic E-state index is 0.0981. The number of nitrogens with zero attached hydrogens (tertiary/aromatic N) is 1. The first kappa shape index (κ1) is 11.5. The highest BCUT2D eigenvalue weighted by molar-refractivity contribution is 5.73. The Morgan fingerprint density at radius 3 is 2.93 bits per heavy atom. The van der Waals surface area contributed by atoms with Gasteiger partial charge in [-0.05, 0) is 32.7 Å². The average molecular weight is 198 g/mol. The highest BCUT2D eigenvalue weighted by Crippen LogP contribution is 2.14. The van der Waals surface area contributed by atoms with Crippen LogP contribution in [0, 0.1) is 0 Å². The molecule has 2 atom stereocenters. The fraction of sp³-hybridized carbons (Fsp3) is 0.909. The molecule has 1 heterocycles. The molecule has 1 amide bonds. The fourth-order valence-electron chi connectivity index (χ4n) is 2.07. The van der Waals surface area contributed by atoms with Crippen molar-refractivity contribution < 1.29 is 4.79 Å². The van der Waals surface area contributed by atoms with Gasteiger partial charge in [-0.2, -0.15) is 0 Å². The van der Waals surface area contributed by atoms with Gasteiger partial charge in [0.1, 0.15) is 0 Å². The third-order valence-corrected chi connectivity index (χ3v) is 3.07. The van der Waals surface area contributed by atoms with E-state index in [2.05, 4.69) is 24.1 Å². The molecule has 3 nitrogen and oxygen atoms in total. The predicted molar refractivity (Wildman–Crippen MR) is 58.2 cm³/mol. The molecule has 0 saturated carbocycles. The van der Waals surface area contributed by atoms with Crippen LogP contribution < -0.4 is 5.32 Å². The zero-order valence-corrected chi connectivity index (χ0v) is 9.55. The summed E-state index contributed by atoms with van der Waals surface area (Å²) in [5, 5.41) is 3.01. The Labute approximate surface area is 86.9 Å². The topological polar surface area (TPSA) is 32.3 Å². The molecule has 1 rings (SSSR count). The fourth-order valence-corrected chi connectivity index (χ4v) is 2.07. The highest BCUT2D eigenvalue weighted by atomic mass is 16.1. The zero-order valence-electron chi connectivity index (χ0n) is 9.55. The minimum Gasteiger partial charge on any atom is -0.352 e. The number of hydrogen-bond acceptors (Lipinski definition) is 2. The van der Waals surface area contributed by atoms with Crippen molar-refractivity contribution in [2.24, 2.45) is 0 Å². The monoisotopic (exact) mass is 198 g/mol. The standard InChI is InChI=1S/C11H22N2O/c1-4-9(2)13-7-5-6-11(8-13)12-10(3)14/h9,11H,4-8H2,1-3H3,(H,12,14). The summed E-state index contributed by atoms with van der Waals surface area (Å²) in [6.07, 6.45) is 3.52. The van der Waals surface area contributed by atoms with Crippen LogP contribution in [0.5, 0.6) is 0 Å². The predicted octanol–water partition coefficient (Wildman–Crippen LogP) is 1.39. The van der Waals surface area contributed by atoms with Crippen molar-refractivity contribution in [2.45, 2.75) is 52.1 Å². The van der Waals surface area contributed by atoms with Crippen LogP contribution >= 0.6 is 0 Å². The van der Waals surface area contributed by atoms with Crippen LogP contribution in [0.1, 0.15) is 40.0 Å². The molecule has 2 unspecified atom stereocenters. The Hall–Kier alpha value is -0.570. The normalized spacial score (nSPS) is 25.8. The van der Waals surface area contributed by atoms with Crippen LogP contribution in [-0.2, 0) is 4.79 Å². The van der Waals surface area contributed by atoms with Gasteiger partial charge in [-0.1, -0.05) is 6.92 Å². The van der Waals surface area contributed by atoms with Crippen molar-refractivity contribution in [2.75, 3.05) is 13.1 Å². The van der Waals surface area contributed by atoms with Gasteiger partial charge in [0.2, 0.25) is 5.91 Å². The second-order valence-corrected chi connectivity index (χ2v) is 4.29. The van der Waals surface area contributed by atoms with E-state index < -0.39 is 0 Å². The lowest BCUT2D eigenvalue weighted by Crippen LogP contribution is -2.49. The third kappa shape index (κ3) is 3.29. The largest absolute Gasteiger partial charge is 0.352 e. The maximum Gasteiger partial charge on any atom is 0.217 e. The first-order chi connectivity index (χ1) is 6.63. The molecule has 0 bridgehead atoms. The second-order valence-electron chi connectivity index (χ2n) is 4.29. The Bertz CT molecular complexity index is 194. The second kappa shape index (κ2) is 5.35. The number of carbonyl (C=O) groups excluding carboxylic acids is 1. The van der Waals surface area contributed by atoms with Gasteiger partial charge in [0.05, 0.1) is 0 Å². The molecule has 1 aliphatic heterocycles. The molecule has 3 heteroatoms. The minimum atomic E-state index is 0.0981. The quantitative estimate of drug-likeness (QED) is 0.743. The maximum atomic E-state index is 10.9. The summed E-state index contributed by atoms with van der Waals surface area (Å²) in [6, 6.07) is 1.02. The van der Waals surface area contributed by atoms with Crippen LogP contribution in [-0.4, -0.2) is 36.0 Å². The summed E-state index contributed by atoms with van der Waals surface area (Å²) in [5.74, 6) is 0.0981. The number of piperidine rings is 1. The first-order valence-electron chi connectivity index (χ1n) is 5.64. The number of likely N-dealkylation sites (tertiary alicyclic amines) is 1. The summed E-state index contributed by atoms with van der Waals surface area (Å²) in [7, 11) is 0. The molecule has 0 aromatic heterocycles. The van der Waals surface area contributed by atoms with Gasteiger partial charge in [-0.15, -0.1) is 0 Å². The Morgan fingerprint density at radius 2 is 2.36 bits per heavy atom. The van der Waals surface area contributed by atoms with Gasteiger partial charge in [0.15, 0.2) is 0 Å². The highest BCUT2D eigenvalue weighted by Gasteiger charge is 2.22. The Kier molecular flexibility index (Phi) is 4.39. The molecule has 1 aliphatic rings. The molecule has 1 fully saturated rings. The Morgan fingerprint density at radius 1 is 1.64 bits per heavy atom. The molecule has 0 aromatic rings. The van der Waals surface area contributed by atoms with Crippen molar-refractivity contribution >= 4 is 5.91 Å². The summed E-state index contributed by atoms with van der Waals surface area (Å²) >= 11 is 0.